The van der Waals surface area contributed by atoms with Gasteiger partial charge in [-0.1, -0.05) is 6.07 Å². The number of nitrogens with zero attached hydrogens (tertiary/aromatic N) is 1. The molecule has 136 valence electrons. The SMILES string of the molecule is C[C@@]12C[C@@H](NC(=S)N1c1cccc(C(F)(F)F)c1)c1cc(F)ccc1O2. The fraction of sp³-hybridized carbons (Fsp3) is 0.278. The van der Waals surface area contributed by atoms with Gasteiger partial charge in [-0.3, -0.25) is 4.90 Å². The van der Waals surface area contributed by atoms with E-state index in [0.717, 1.165) is 12.1 Å². The topological polar surface area (TPSA) is 24.5 Å². The molecule has 0 radical (unpaired) electrons. The number of anilines is 1. The molecule has 0 amide bonds. The summed E-state index contributed by atoms with van der Waals surface area (Å²) in [7, 11) is 0. The third-order valence-corrected chi connectivity index (χ3v) is 4.97. The zero-order valence-corrected chi connectivity index (χ0v) is 14.4. The lowest BCUT2D eigenvalue weighted by Gasteiger charge is -2.52. The largest absolute Gasteiger partial charge is 0.467 e. The third kappa shape index (κ3) is 2.68. The lowest BCUT2D eigenvalue weighted by Crippen LogP contribution is -2.65. The van der Waals surface area contributed by atoms with Crippen LogP contribution < -0.4 is 15.0 Å². The predicted octanol–water partition coefficient (Wildman–Crippen LogP) is 4.78. The number of fused-ring (bicyclic) bond motifs is 4. The molecule has 0 spiro atoms. The van der Waals surface area contributed by atoms with Crippen LogP contribution in [-0.2, 0) is 6.18 Å². The molecule has 0 aliphatic carbocycles. The zero-order valence-electron chi connectivity index (χ0n) is 13.6. The number of thiocarbonyl (C=S) groups is 1. The maximum absolute atomic E-state index is 13.6. The number of rotatable bonds is 1. The van der Waals surface area contributed by atoms with Gasteiger partial charge in [-0.05, 0) is 55.5 Å². The molecule has 2 atom stereocenters. The summed E-state index contributed by atoms with van der Waals surface area (Å²) in [5, 5.41) is 3.33. The number of alkyl halides is 3. The van der Waals surface area contributed by atoms with E-state index in [1.54, 1.807) is 17.9 Å². The second-order valence-corrected chi connectivity index (χ2v) is 6.94. The van der Waals surface area contributed by atoms with Crippen LogP contribution in [0.1, 0.15) is 30.5 Å². The first-order chi connectivity index (χ1) is 12.2. The van der Waals surface area contributed by atoms with E-state index in [1.165, 1.54) is 24.3 Å². The number of benzene rings is 2. The maximum Gasteiger partial charge on any atom is 0.416 e. The fourth-order valence-corrected chi connectivity index (χ4v) is 4.00. The van der Waals surface area contributed by atoms with Gasteiger partial charge >= 0.3 is 6.18 Å². The Morgan fingerprint density at radius 2 is 2.00 bits per heavy atom. The lowest BCUT2D eigenvalue weighted by molar-refractivity contribution is -0.137. The zero-order chi connectivity index (χ0) is 18.7. The minimum Gasteiger partial charge on any atom is -0.467 e. The number of nitrogens with one attached hydrogen (secondary N) is 1. The van der Waals surface area contributed by atoms with E-state index in [9.17, 15) is 17.6 Å². The van der Waals surface area contributed by atoms with Crippen LogP contribution in [0.2, 0.25) is 0 Å². The van der Waals surface area contributed by atoms with E-state index in [-0.39, 0.29) is 22.7 Å². The smallest absolute Gasteiger partial charge is 0.416 e. The van der Waals surface area contributed by atoms with Gasteiger partial charge in [0.2, 0.25) is 0 Å². The predicted molar refractivity (Wildman–Crippen MR) is 92.4 cm³/mol. The Balaban J connectivity index is 1.78. The summed E-state index contributed by atoms with van der Waals surface area (Å²) in [6.07, 6.45) is -4.05. The molecular formula is C18H14F4N2OS. The van der Waals surface area contributed by atoms with Gasteiger partial charge < -0.3 is 10.1 Å². The van der Waals surface area contributed by atoms with Crippen LogP contribution in [0.3, 0.4) is 0 Å². The second-order valence-electron chi connectivity index (χ2n) is 6.55. The Hall–Kier alpha value is -2.35. The van der Waals surface area contributed by atoms with Crippen molar-refractivity contribution >= 4 is 23.0 Å². The fourth-order valence-electron chi connectivity index (χ4n) is 3.56. The van der Waals surface area contributed by atoms with Crippen LogP contribution in [0.4, 0.5) is 23.2 Å². The molecule has 0 saturated carbocycles. The van der Waals surface area contributed by atoms with Crippen molar-refractivity contribution in [1.29, 1.82) is 0 Å². The van der Waals surface area contributed by atoms with Gasteiger partial charge in [-0.15, -0.1) is 0 Å². The average molecular weight is 382 g/mol. The third-order valence-electron chi connectivity index (χ3n) is 4.67. The molecule has 2 aromatic rings. The van der Waals surface area contributed by atoms with Gasteiger partial charge in [-0.2, -0.15) is 13.2 Å². The van der Waals surface area contributed by atoms with Crippen molar-refractivity contribution in [2.45, 2.75) is 31.3 Å². The van der Waals surface area contributed by atoms with Gasteiger partial charge in [0.1, 0.15) is 11.6 Å². The first-order valence-electron chi connectivity index (χ1n) is 7.94. The molecule has 2 aliphatic heterocycles. The van der Waals surface area contributed by atoms with Crippen LogP contribution in [0.15, 0.2) is 42.5 Å². The standard InChI is InChI=1S/C18H14F4N2OS/c1-17-9-14(13-8-11(19)5-6-15(13)25-17)23-16(26)24(17)12-4-2-3-10(7-12)18(20,21)22/h2-8,14H,9H2,1H3,(H,23,26)/t14-,17-/m1/s1. The van der Waals surface area contributed by atoms with E-state index in [1.807, 2.05) is 0 Å². The minimum atomic E-state index is -4.46. The van der Waals surface area contributed by atoms with Crippen molar-refractivity contribution in [3.05, 3.63) is 59.4 Å². The Labute approximate surface area is 152 Å². The highest BCUT2D eigenvalue weighted by atomic mass is 32.1. The number of ether oxygens (including phenoxy) is 1. The Morgan fingerprint density at radius 1 is 1.23 bits per heavy atom. The molecular weight excluding hydrogens is 368 g/mol. The number of halogens is 4. The summed E-state index contributed by atoms with van der Waals surface area (Å²) in [4.78, 5) is 1.54. The Kier molecular flexibility index (Phi) is 3.66. The molecule has 2 bridgehead atoms. The van der Waals surface area contributed by atoms with E-state index < -0.39 is 17.5 Å². The molecule has 2 aliphatic rings. The summed E-state index contributed by atoms with van der Waals surface area (Å²) >= 11 is 5.39. The van der Waals surface area contributed by atoms with Crippen molar-refractivity contribution < 1.29 is 22.3 Å². The highest BCUT2D eigenvalue weighted by Crippen LogP contribution is 2.46. The van der Waals surface area contributed by atoms with Crippen molar-refractivity contribution in [3.8, 4) is 5.75 Å². The highest BCUT2D eigenvalue weighted by Gasteiger charge is 2.48. The van der Waals surface area contributed by atoms with Crippen LogP contribution in [0, 0.1) is 5.82 Å². The molecule has 1 N–H and O–H groups in total. The summed E-state index contributed by atoms with van der Waals surface area (Å²) in [5.74, 6) is 0.0982. The summed E-state index contributed by atoms with van der Waals surface area (Å²) in [5.41, 5.74) is -0.818. The first kappa shape index (κ1) is 17.1. The molecule has 1 fully saturated rings. The molecule has 4 rings (SSSR count). The molecule has 2 aromatic carbocycles. The van der Waals surface area contributed by atoms with Crippen molar-refractivity contribution in [2.75, 3.05) is 4.90 Å². The van der Waals surface area contributed by atoms with Gasteiger partial charge in [0.05, 0.1) is 11.6 Å². The van der Waals surface area contributed by atoms with E-state index in [4.69, 9.17) is 17.0 Å². The van der Waals surface area contributed by atoms with Gasteiger partial charge in [0.15, 0.2) is 10.8 Å². The van der Waals surface area contributed by atoms with Crippen molar-refractivity contribution in [2.24, 2.45) is 0 Å². The van der Waals surface area contributed by atoms with Crippen LogP contribution in [0.25, 0.3) is 0 Å². The van der Waals surface area contributed by atoms with E-state index in [0.29, 0.717) is 17.7 Å². The summed E-state index contributed by atoms with van der Waals surface area (Å²) in [6.45, 7) is 1.76. The molecule has 26 heavy (non-hydrogen) atoms. The second kappa shape index (κ2) is 5.57. The number of hydrogen-bond acceptors (Lipinski definition) is 2. The van der Waals surface area contributed by atoms with Crippen LogP contribution >= 0.6 is 12.2 Å². The van der Waals surface area contributed by atoms with Crippen molar-refractivity contribution in [3.63, 3.8) is 0 Å². The Bertz CT molecular complexity index is 901. The molecule has 1 saturated heterocycles. The normalized spacial score (nSPS) is 24.6. The molecule has 0 aromatic heterocycles. The molecule has 2 heterocycles. The van der Waals surface area contributed by atoms with Gasteiger partial charge in [-0.25, -0.2) is 4.39 Å². The maximum atomic E-state index is 13.6. The quantitative estimate of drug-likeness (QED) is 0.567. The van der Waals surface area contributed by atoms with Gasteiger partial charge in [0.25, 0.3) is 0 Å². The van der Waals surface area contributed by atoms with E-state index >= 15 is 0 Å². The van der Waals surface area contributed by atoms with Crippen LogP contribution in [0.5, 0.6) is 5.75 Å². The number of hydrogen-bond donors (Lipinski definition) is 1. The highest BCUT2D eigenvalue weighted by molar-refractivity contribution is 7.80. The first-order valence-corrected chi connectivity index (χ1v) is 8.35. The van der Waals surface area contributed by atoms with Gasteiger partial charge in [0, 0.05) is 17.7 Å². The summed E-state index contributed by atoms with van der Waals surface area (Å²) < 4.78 is 58.9. The summed E-state index contributed by atoms with van der Waals surface area (Å²) in [6, 6.07) is 8.87. The lowest BCUT2D eigenvalue weighted by atomic mass is 9.90. The van der Waals surface area contributed by atoms with E-state index in [2.05, 4.69) is 5.32 Å². The minimum absolute atomic E-state index is 0.234. The Morgan fingerprint density at radius 3 is 2.73 bits per heavy atom. The molecule has 0 unspecified atom stereocenters. The monoisotopic (exact) mass is 382 g/mol. The van der Waals surface area contributed by atoms with Crippen molar-refractivity contribution in [1.82, 2.24) is 5.32 Å². The van der Waals surface area contributed by atoms with Crippen LogP contribution in [-0.4, -0.2) is 10.8 Å². The molecule has 3 nitrogen and oxygen atoms in total. The average Bonchev–Trinajstić information content (AvgIpc) is 2.54. The molecule has 8 heteroatoms.